The van der Waals surface area contributed by atoms with Crippen LogP contribution in [0, 0.1) is 0 Å². The Bertz CT molecular complexity index is 4420. The number of anilines is 3. The molecule has 4 nitrogen and oxygen atoms in total. The van der Waals surface area contributed by atoms with Crippen molar-refractivity contribution in [3.8, 4) is 39.5 Å². The average Bonchev–Trinajstić information content (AvgIpc) is 4.03. The van der Waals surface area contributed by atoms with Crippen LogP contribution in [0.5, 0.6) is 0 Å². The molecule has 0 N–H and O–H groups in total. The zero-order chi connectivity index (χ0) is 47.3. The van der Waals surface area contributed by atoms with Crippen molar-refractivity contribution in [2.24, 2.45) is 0 Å². The van der Waals surface area contributed by atoms with Gasteiger partial charge < -0.3 is 4.90 Å². The van der Waals surface area contributed by atoms with Crippen LogP contribution in [0.2, 0.25) is 0 Å². The van der Waals surface area contributed by atoms with Gasteiger partial charge in [-0.1, -0.05) is 179 Å². The summed E-state index contributed by atoms with van der Waals surface area (Å²) in [5.41, 5.74) is 18.5. The maximum Gasteiger partial charge on any atom is 0.235 e. The van der Waals surface area contributed by atoms with Crippen LogP contribution >= 0.6 is 11.3 Å². The number of aromatic nitrogens is 3. The van der Waals surface area contributed by atoms with Crippen molar-refractivity contribution < 1.29 is 0 Å². The van der Waals surface area contributed by atoms with Gasteiger partial charge in [0.15, 0.2) is 0 Å². The fraction of sp³-hybridized carbons (Fsp3) is 0.0909. The first kappa shape index (κ1) is 40.5. The molecular formula is C66H46N4S. The second-order valence-corrected chi connectivity index (χ2v) is 21.6. The minimum absolute atomic E-state index is 0.158. The van der Waals surface area contributed by atoms with E-state index in [1.807, 2.05) is 11.3 Å². The van der Waals surface area contributed by atoms with Crippen LogP contribution in [-0.4, -0.2) is 14.5 Å². The Labute approximate surface area is 415 Å². The molecule has 3 aromatic heterocycles. The van der Waals surface area contributed by atoms with E-state index < -0.39 is 0 Å². The molecule has 2 aliphatic rings. The Morgan fingerprint density at radius 1 is 0.437 bits per heavy atom. The molecule has 15 rings (SSSR count). The molecule has 5 heteroatoms. The van der Waals surface area contributed by atoms with E-state index in [-0.39, 0.29) is 10.8 Å². The van der Waals surface area contributed by atoms with Crippen molar-refractivity contribution in [3.63, 3.8) is 0 Å². The van der Waals surface area contributed by atoms with E-state index in [1.54, 1.807) is 0 Å². The van der Waals surface area contributed by atoms with E-state index in [0.29, 0.717) is 5.95 Å². The van der Waals surface area contributed by atoms with E-state index in [9.17, 15) is 0 Å². The molecule has 0 atom stereocenters. The number of benzene rings is 10. The third-order valence-corrected chi connectivity index (χ3v) is 17.2. The molecule has 2 aliphatic carbocycles. The van der Waals surface area contributed by atoms with Gasteiger partial charge in [-0.05, 0) is 104 Å². The average molecular weight is 927 g/mol. The highest BCUT2D eigenvalue weighted by molar-refractivity contribution is 7.26. The van der Waals surface area contributed by atoms with E-state index in [4.69, 9.17) is 9.97 Å². The quantitative estimate of drug-likeness (QED) is 0.172. The number of rotatable bonds is 5. The number of nitrogens with zero attached hydrogens (tertiary/aromatic N) is 4. The molecule has 0 fully saturated rings. The minimum atomic E-state index is -0.189. The van der Waals surface area contributed by atoms with Crippen molar-refractivity contribution in [2.75, 3.05) is 4.90 Å². The van der Waals surface area contributed by atoms with Gasteiger partial charge in [-0.3, -0.25) is 4.57 Å². The van der Waals surface area contributed by atoms with E-state index in [0.717, 1.165) is 60.9 Å². The fourth-order valence-corrected chi connectivity index (χ4v) is 13.8. The predicted octanol–water partition coefficient (Wildman–Crippen LogP) is 18.0. The highest BCUT2D eigenvalue weighted by atomic mass is 32.1. The zero-order valence-electron chi connectivity index (χ0n) is 39.8. The predicted molar refractivity (Wildman–Crippen MR) is 300 cm³/mol. The Kier molecular flexibility index (Phi) is 8.32. The molecule has 0 bridgehead atoms. The molecule has 0 spiro atoms. The van der Waals surface area contributed by atoms with E-state index >= 15 is 0 Å². The van der Waals surface area contributed by atoms with Gasteiger partial charge in [0.05, 0.1) is 22.2 Å². The van der Waals surface area contributed by atoms with Crippen molar-refractivity contribution in [2.45, 2.75) is 38.5 Å². The summed E-state index contributed by atoms with van der Waals surface area (Å²) >= 11 is 1.88. The zero-order valence-corrected chi connectivity index (χ0v) is 40.6. The Morgan fingerprint density at radius 2 is 1.07 bits per heavy atom. The molecule has 0 saturated heterocycles. The van der Waals surface area contributed by atoms with Crippen LogP contribution in [0.4, 0.5) is 17.1 Å². The summed E-state index contributed by atoms with van der Waals surface area (Å²) in [5, 5.41) is 8.40. The largest absolute Gasteiger partial charge is 0.310 e. The Morgan fingerprint density at radius 3 is 1.93 bits per heavy atom. The lowest BCUT2D eigenvalue weighted by molar-refractivity contribution is 0.643. The molecule has 13 aromatic rings. The summed E-state index contributed by atoms with van der Waals surface area (Å²) in [6.45, 7) is 9.37. The van der Waals surface area contributed by atoms with Gasteiger partial charge in [0, 0.05) is 75.2 Å². The SMILES string of the molecule is CC1(C)c2ccccc2-c2ccc(N(c3ccc(-c4cccc5c4sc4ccccc45)cc3)c3ccc4c(c3)c3ccc5ccccc5c3n4-c3nc4c5c(cccc5n3)C(C)(C)c3ccccc3-4)cc21. The monoisotopic (exact) mass is 926 g/mol. The summed E-state index contributed by atoms with van der Waals surface area (Å²) in [6, 6.07) is 76.3. The van der Waals surface area contributed by atoms with Crippen molar-refractivity contribution >= 4 is 92.1 Å². The lowest BCUT2D eigenvalue weighted by Crippen LogP contribution is -2.24. The van der Waals surface area contributed by atoms with Gasteiger partial charge >= 0.3 is 0 Å². The summed E-state index contributed by atoms with van der Waals surface area (Å²) in [6.07, 6.45) is 0. The maximum atomic E-state index is 5.61. The van der Waals surface area contributed by atoms with Crippen LogP contribution in [-0.2, 0) is 10.8 Å². The van der Waals surface area contributed by atoms with Gasteiger partial charge in [0.25, 0.3) is 0 Å². The lowest BCUT2D eigenvalue weighted by Gasteiger charge is -2.34. The van der Waals surface area contributed by atoms with Crippen LogP contribution in [0.15, 0.2) is 206 Å². The molecule has 0 unspecified atom stereocenters. The second-order valence-electron chi connectivity index (χ2n) is 20.5. The lowest BCUT2D eigenvalue weighted by atomic mass is 9.70. The number of thiophene rings is 1. The topological polar surface area (TPSA) is 34.0 Å². The van der Waals surface area contributed by atoms with Gasteiger partial charge in [-0.2, -0.15) is 0 Å². The number of hydrogen-bond acceptors (Lipinski definition) is 4. The molecule has 71 heavy (non-hydrogen) atoms. The minimum Gasteiger partial charge on any atom is -0.310 e. The number of fused-ring (bicyclic) bond motifs is 13. The van der Waals surface area contributed by atoms with Crippen LogP contribution < -0.4 is 4.90 Å². The van der Waals surface area contributed by atoms with Gasteiger partial charge in [-0.15, -0.1) is 11.3 Å². The smallest absolute Gasteiger partial charge is 0.235 e. The van der Waals surface area contributed by atoms with Gasteiger partial charge in [0.2, 0.25) is 5.95 Å². The van der Waals surface area contributed by atoms with Crippen molar-refractivity contribution in [1.82, 2.24) is 14.5 Å². The summed E-state index contributed by atoms with van der Waals surface area (Å²) in [7, 11) is 0. The molecule has 0 saturated carbocycles. The van der Waals surface area contributed by atoms with Crippen molar-refractivity contribution in [1.29, 1.82) is 0 Å². The number of hydrogen-bond donors (Lipinski definition) is 0. The highest BCUT2D eigenvalue weighted by Crippen LogP contribution is 2.52. The molecule has 10 aromatic carbocycles. The fourth-order valence-electron chi connectivity index (χ4n) is 12.5. The van der Waals surface area contributed by atoms with Gasteiger partial charge in [0.1, 0.15) is 0 Å². The normalized spacial score (nSPS) is 14.1. The van der Waals surface area contributed by atoms with Gasteiger partial charge in [-0.25, -0.2) is 9.97 Å². The summed E-state index contributed by atoms with van der Waals surface area (Å²) in [5.74, 6) is 0.671. The molecular weight excluding hydrogens is 881 g/mol. The van der Waals surface area contributed by atoms with Crippen LogP contribution in [0.1, 0.15) is 49.9 Å². The summed E-state index contributed by atoms with van der Waals surface area (Å²) in [4.78, 5) is 13.5. The maximum absolute atomic E-state index is 5.61. The highest BCUT2D eigenvalue weighted by Gasteiger charge is 2.37. The third kappa shape index (κ3) is 5.67. The first-order valence-corrected chi connectivity index (χ1v) is 25.5. The van der Waals surface area contributed by atoms with E-state index in [1.165, 1.54) is 75.6 Å². The standard InChI is InChI=1S/C66H46N4S/c1-65(2)54-23-11-8-19-51(54)61-60-55(65)24-14-25-57(60)67-64(68-61)70-58-36-33-42(37-52(58)49-34-29-39-15-5-6-16-44(39)62(49)70)69(43-32-35-47-46-17-7-10-22-53(46)66(3,4)56(47)38-43)41-30-27-40(28-31-41)45-20-13-21-50-48-18-9-12-26-59(48)71-63(45)50/h5-38H,1-4H3. The van der Waals surface area contributed by atoms with Crippen LogP contribution in [0.25, 0.3) is 103 Å². The first-order chi connectivity index (χ1) is 34.7. The molecule has 0 amide bonds. The molecule has 3 heterocycles. The van der Waals surface area contributed by atoms with E-state index in [2.05, 4.69) is 243 Å². The summed E-state index contributed by atoms with van der Waals surface area (Å²) < 4.78 is 4.96. The molecule has 336 valence electrons. The second kappa shape index (κ2) is 14.6. The Hall–Kier alpha value is -8.38. The molecule has 0 radical (unpaired) electrons. The Balaban J connectivity index is 0.956. The third-order valence-electron chi connectivity index (χ3n) is 16.0. The van der Waals surface area contributed by atoms with Crippen molar-refractivity contribution in [3.05, 3.63) is 229 Å². The first-order valence-electron chi connectivity index (χ1n) is 24.6. The van der Waals surface area contributed by atoms with Crippen LogP contribution in [0.3, 0.4) is 0 Å². The molecule has 0 aliphatic heterocycles.